The largest absolute Gasteiger partial charge is 0.310 e. The standard InChI is InChI=1S/C11H15FN2O/c1-4-11(2,3)10(15)14-9-7-5-6-8(12)13-9/h5-7H,4H2,1-3H3,(H,13,14,15). The van der Waals surface area contributed by atoms with Crippen molar-refractivity contribution in [2.45, 2.75) is 27.2 Å². The normalized spacial score (nSPS) is 11.2. The fraction of sp³-hybridized carbons (Fsp3) is 0.455. The molecule has 0 unspecified atom stereocenters. The minimum absolute atomic E-state index is 0.150. The molecule has 82 valence electrons. The van der Waals surface area contributed by atoms with E-state index in [0.717, 1.165) is 0 Å². The third kappa shape index (κ3) is 3.01. The van der Waals surface area contributed by atoms with Crippen LogP contribution in [0.25, 0.3) is 0 Å². The Labute approximate surface area is 88.7 Å². The van der Waals surface area contributed by atoms with Gasteiger partial charge in [-0.05, 0) is 18.6 Å². The third-order valence-corrected chi connectivity index (χ3v) is 2.46. The number of nitrogens with one attached hydrogen (secondary N) is 1. The fourth-order valence-electron chi connectivity index (χ4n) is 0.924. The maximum Gasteiger partial charge on any atom is 0.231 e. The Balaban J connectivity index is 2.75. The highest BCUT2D eigenvalue weighted by molar-refractivity contribution is 5.93. The van der Waals surface area contributed by atoms with E-state index in [1.165, 1.54) is 12.1 Å². The predicted molar refractivity (Wildman–Crippen MR) is 56.9 cm³/mol. The monoisotopic (exact) mass is 210 g/mol. The lowest BCUT2D eigenvalue weighted by molar-refractivity contribution is -0.124. The van der Waals surface area contributed by atoms with Crippen LogP contribution >= 0.6 is 0 Å². The van der Waals surface area contributed by atoms with Gasteiger partial charge in [0.05, 0.1) is 0 Å². The number of amides is 1. The highest BCUT2D eigenvalue weighted by Crippen LogP contribution is 2.21. The average molecular weight is 210 g/mol. The van der Waals surface area contributed by atoms with Crippen LogP contribution in [0.3, 0.4) is 0 Å². The Kier molecular flexibility index (Phi) is 3.39. The van der Waals surface area contributed by atoms with Crippen molar-refractivity contribution in [1.82, 2.24) is 4.98 Å². The van der Waals surface area contributed by atoms with E-state index in [0.29, 0.717) is 6.42 Å². The number of carbonyl (C=O) groups is 1. The van der Waals surface area contributed by atoms with Crippen LogP contribution in [0.15, 0.2) is 18.2 Å². The van der Waals surface area contributed by atoms with Crippen molar-refractivity contribution in [3.8, 4) is 0 Å². The number of rotatable bonds is 3. The van der Waals surface area contributed by atoms with Crippen molar-refractivity contribution < 1.29 is 9.18 Å². The molecule has 1 amide bonds. The van der Waals surface area contributed by atoms with Crippen LogP contribution in [-0.4, -0.2) is 10.9 Å². The molecule has 0 saturated heterocycles. The summed E-state index contributed by atoms with van der Waals surface area (Å²) < 4.78 is 12.7. The molecule has 0 aliphatic heterocycles. The summed E-state index contributed by atoms with van der Waals surface area (Å²) in [5, 5.41) is 2.58. The Bertz CT molecular complexity index is 363. The maximum atomic E-state index is 12.7. The molecule has 1 N–H and O–H groups in total. The Morgan fingerprint density at radius 1 is 1.53 bits per heavy atom. The van der Waals surface area contributed by atoms with Gasteiger partial charge < -0.3 is 5.32 Å². The molecule has 0 aliphatic carbocycles. The molecule has 0 spiro atoms. The summed E-state index contributed by atoms with van der Waals surface area (Å²) in [6, 6.07) is 4.31. The Morgan fingerprint density at radius 2 is 2.20 bits per heavy atom. The summed E-state index contributed by atoms with van der Waals surface area (Å²) in [7, 11) is 0. The topological polar surface area (TPSA) is 42.0 Å². The van der Waals surface area contributed by atoms with Crippen LogP contribution in [-0.2, 0) is 4.79 Å². The molecule has 1 aromatic heterocycles. The zero-order valence-electron chi connectivity index (χ0n) is 9.17. The molecule has 0 saturated carbocycles. The summed E-state index contributed by atoms with van der Waals surface area (Å²) in [4.78, 5) is 15.3. The molecule has 15 heavy (non-hydrogen) atoms. The molecule has 0 bridgehead atoms. The van der Waals surface area contributed by atoms with Crippen molar-refractivity contribution in [2.75, 3.05) is 5.32 Å². The molecule has 4 heteroatoms. The number of nitrogens with zero attached hydrogens (tertiary/aromatic N) is 1. The van der Waals surface area contributed by atoms with Gasteiger partial charge in [0.1, 0.15) is 5.82 Å². The second-order valence-corrected chi connectivity index (χ2v) is 4.04. The van der Waals surface area contributed by atoms with E-state index in [9.17, 15) is 9.18 Å². The van der Waals surface area contributed by atoms with Crippen molar-refractivity contribution in [3.63, 3.8) is 0 Å². The summed E-state index contributed by atoms with van der Waals surface area (Å²) in [6.07, 6.45) is 0.716. The number of hydrogen-bond acceptors (Lipinski definition) is 2. The number of pyridine rings is 1. The molecule has 0 atom stereocenters. The van der Waals surface area contributed by atoms with E-state index in [-0.39, 0.29) is 11.7 Å². The van der Waals surface area contributed by atoms with Gasteiger partial charge in [-0.1, -0.05) is 26.8 Å². The van der Waals surface area contributed by atoms with Gasteiger partial charge in [0.25, 0.3) is 0 Å². The lowest BCUT2D eigenvalue weighted by Gasteiger charge is -2.20. The minimum atomic E-state index is -0.595. The molecule has 0 radical (unpaired) electrons. The number of anilines is 1. The molecule has 0 aliphatic rings. The van der Waals surface area contributed by atoms with Gasteiger partial charge in [0.2, 0.25) is 11.9 Å². The van der Waals surface area contributed by atoms with Crippen LogP contribution in [0.5, 0.6) is 0 Å². The second-order valence-electron chi connectivity index (χ2n) is 4.04. The van der Waals surface area contributed by atoms with Crippen LogP contribution in [0.2, 0.25) is 0 Å². The van der Waals surface area contributed by atoms with Gasteiger partial charge >= 0.3 is 0 Å². The Hall–Kier alpha value is -1.45. The summed E-state index contributed by atoms with van der Waals surface area (Å²) in [5.74, 6) is -0.494. The lowest BCUT2D eigenvalue weighted by Crippen LogP contribution is -2.30. The van der Waals surface area contributed by atoms with Gasteiger partial charge in [0, 0.05) is 5.41 Å². The number of aromatic nitrogens is 1. The Morgan fingerprint density at radius 3 is 2.73 bits per heavy atom. The van der Waals surface area contributed by atoms with E-state index in [1.54, 1.807) is 6.07 Å². The fourth-order valence-corrected chi connectivity index (χ4v) is 0.924. The number of halogens is 1. The highest BCUT2D eigenvalue weighted by Gasteiger charge is 2.25. The highest BCUT2D eigenvalue weighted by atomic mass is 19.1. The molecule has 0 fully saturated rings. The van der Waals surface area contributed by atoms with Crippen molar-refractivity contribution in [1.29, 1.82) is 0 Å². The number of hydrogen-bond donors (Lipinski definition) is 1. The number of carbonyl (C=O) groups excluding carboxylic acids is 1. The molecular formula is C11H15FN2O. The summed E-state index contributed by atoms with van der Waals surface area (Å²) in [6.45, 7) is 5.60. The van der Waals surface area contributed by atoms with E-state index in [4.69, 9.17) is 0 Å². The first-order valence-electron chi connectivity index (χ1n) is 4.89. The molecule has 1 heterocycles. The average Bonchev–Trinajstić information content (AvgIpc) is 2.17. The van der Waals surface area contributed by atoms with E-state index in [1.807, 2.05) is 20.8 Å². The first-order chi connectivity index (χ1) is 6.95. The molecule has 0 aromatic carbocycles. The predicted octanol–water partition coefficient (Wildman–Crippen LogP) is 2.60. The van der Waals surface area contributed by atoms with E-state index >= 15 is 0 Å². The third-order valence-electron chi connectivity index (χ3n) is 2.46. The van der Waals surface area contributed by atoms with Crippen LogP contribution < -0.4 is 5.32 Å². The lowest BCUT2D eigenvalue weighted by atomic mass is 9.89. The van der Waals surface area contributed by atoms with Crippen molar-refractivity contribution in [3.05, 3.63) is 24.1 Å². The van der Waals surface area contributed by atoms with Gasteiger partial charge in [0.15, 0.2) is 0 Å². The first kappa shape index (κ1) is 11.6. The van der Waals surface area contributed by atoms with Crippen LogP contribution in [0, 0.1) is 11.4 Å². The summed E-state index contributed by atoms with van der Waals surface area (Å²) in [5.41, 5.74) is -0.464. The second kappa shape index (κ2) is 4.38. The molecule has 3 nitrogen and oxygen atoms in total. The molecule has 1 rings (SSSR count). The zero-order chi connectivity index (χ0) is 11.5. The zero-order valence-corrected chi connectivity index (χ0v) is 9.17. The summed E-state index contributed by atoms with van der Waals surface area (Å²) >= 11 is 0. The SMILES string of the molecule is CCC(C)(C)C(=O)Nc1cccc(F)n1. The first-order valence-corrected chi connectivity index (χ1v) is 4.89. The minimum Gasteiger partial charge on any atom is -0.310 e. The van der Waals surface area contributed by atoms with Crippen LogP contribution in [0.1, 0.15) is 27.2 Å². The smallest absolute Gasteiger partial charge is 0.231 e. The van der Waals surface area contributed by atoms with E-state index < -0.39 is 11.4 Å². The van der Waals surface area contributed by atoms with Crippen LogP contribution in [0.4, 0.5) is 10.2 Å². The van der Waals surface area contributed by atoms with Crippen molar-refractivity contribution in [2.24, 2.45) is 5.41 Å². The molecule has 1 aromatic rings. The van der Waals surface area contributed by atoms with Gasteiger partial charge in [-0.2, -0.15) is 4.39 Å². The van der Waals surface area contributed by atoms with Crippen molar-refractivity contribution >= 4 is 11.7 Å². The van der Waals surface area contributed by atoms with Gasteiger partial charge in [-0.3, -0.25) is 4.79 Å². The van der Waals surface area contributed by atoms with Gasteiger partial charge in [-0.25, -0.2) is 4.98 Å². The quantitative estimate of drug-likeness (QED) is 0.779. The van der Waals surface area contributed by atoms with Gasteiger partial charge in [-0.15, -0.1) is 0 Å². The van der Waals surface area contributed by atoms with E-state index in [2.05, 4.69) is 10.3 Å². The maximum absolute atomic E-state index is 12.7. The molecular weight excluding hydrogens is 195 g/mol.